The number of phenolic OH excluding ortho intramolecular Hbond substituents is 1. The highest BCUT2D eigenvalue weighted by molar-refractivity contribution is 6.25. The molecule has 0 aliphatic heterocycles. The van der Waals surface area contributed by atoms with Crippen LogP contribution in [0.15, 0.2) is 36.4 Å². The first kappa shape index (κ1) is 31.3. The van der Waals surface area contributed by atoms with E-state index in [1.165, 1.54) is 6.07 Å². The molecule has 0 saturated heterocycles. The molecule has 12 nitrogen and oxygen atoms in total. The van der Waals surface area contributed by atoms with Gasteiger partial charge in [0.1, 0.15) is 17.3 Å². The largest absolute Gasteiger partial charge is 0.507 e. The van der Waals surface area contributed by atoms with Crippen molar-refractivity contribution in [1.82, 2.24) is 4.90 Å². The molecule has 3 aliphatic rings. The highest BCUT2D eigenvalue weighted by Gasteiger charge is 2.69. The molecule has 44 heavy (non-hydrogen) atoms. The Labute approximate surface area is 254 Å². The van der Waals surface area contributed by atoms with Gasteiger partial charge in [0.05, 0.1) is 17.6 Å². The Hall–Kier alpha value is -4.13. The topological polar surface area (TPSA) is 197 Å². The van der Waals surface area contributed by atoms with Gasteiger partial charge in [-0.1, -0.05) is 18.2 Å². The van der Waals surface area contributed by atoms with Crippen LogP contribution in [0.1, 0.15) is 43.1 Å². The van der Waals surface area contributed by atoms with Crippen LogP contribution in [0.5, 0.6) is 5.75 Å². The van der Waals surface area contributed by atoms with Crippen molar-refractivity contribution < 1.29 is 44.0 Å². The quantitative estimate of drug-likeness (QED) is 0.319. The molecule has 12 heteroatoms. The van der Waals surface area contributed by atoms with Crippen molar-refractivity contribution >= 4 is 35.0 Å². The van der Waals surface area contributed by atoms with Crippen molar-refractivity contribution in [3.8, 4) is 16.9 Å². The number of ketones is 3. The SMILES string of the molecule is CN(C)[C@H]1C(O)C(C(N)=O)C(=O)[C@]2(O)C(=O)C3C(=O)c4c(O)ccc(-c5ccc(NC(=O)OC(C)(C)C)cc5)c4C[C@@H]3C[C@H]12. The molecule has 0 bridgehead atoms. The molecule has 0 heterocycles. The third kappa shape index (κ3) is 4.96. The average molecular weight is 608 g/mol. The Morgan fingerprint density at radius 1 is 1.05 bits per heavy atom. The normalized spacial score (nSPS) is 29.9. The molecule has 0 aromatic heterocycles. The fraction of sp³-hybridized carbons (Fsp3) is 0.469. The van der Waals surface area contributed by atoms with Crippen molar-refractivity contribution in [1.29, 1.82) is 0 Å². The number of rotatable bonds is 4. The monoisotopic (exact) mass is 607 g/mol. The summed E-state index contributed by atoms with van der Waals surface area (Å²) in [7, 11) is 3.19. The zero-order valence-electron chi connectivity index (χ0n) is 25.2. The van der Waals surface area contributed by atoms with E-state index in [0.29, 0.717) is 22.4 Å². The van der Waals surface area contributed by atoms with Crippen LogP contribution in [0.2, 0.25) is 0 Å². The van der Waals surface area contributed by atoms with Crippen molar-refractivity contribution in [2.45, 2.75) is 57.0 Å². The molecule has 234 valence electrons. The maximum absolute atomic E-state index is 14.0. The van der Waals surface area contributed by atoms with Gasteiger partial charge in [-0.15, -0.1) is 0 Å². The fourth-order valence-electron chi connectivity index (χ4n) is 7.25. The van der Waals surface area contributed by atoms with Crippen LogP contribution in [-0.4, -0.2) is 87.0 Å². The first-order chi connectivity index (χ1) is 20.5. The smallest absolute Gasteiger partial charge is 0.412 e. The second-order valence-electron chi connectivity index (χ2n) is 13.2. The third-order valence-electron chi connectivity index (χ3n) is 9.01. The summed E-state index contributed by atoms with van der Waals surface area (Å²) in [5.74, 6) is -9.55. The lowest BCUT2D eigenvalue weighted by Gasteiger charge is -2.54. The number of fused-ring (bicyclic) bond motifs is 3. The number of nitrogens with one attached hydrogen (secondary N) is 1. The van der Waals surface area contributed by atoms with Crippen LogP contribution in [0.25, 0.3) is 11.1 Å². The van der Waals surface area contributed by atoms with Crippen LogP contribution in [0.4, 0.5) is 10.5 Å². The number of anilines is 1. The molecule has 2 amide bonds. The molecule has 2 saturated carbocycles. The van der Waals surface area contributed by atoms with Crippen molar-refractivity contribution in [3.63, 3.8) is 0 Å². The minimum absolute atomic E-state index is 0.0169. The van der Waals surface area contributed by atoms with Gasteiger partial charge in [-0.2, -0.15) is 0 Å². The van der Waals surface area contributed by atoms with Gasteiger partial charge in [0, 0.05) is 17.6 Å². The number of Topliss-reactive ketones (excluding diaryl/α,β-unsaturated/α-hetero) is 3. The number of benzene rings is 2. The van der Waals surface area contributed by atoms with Gasteiger partial charge in [0.15, 0.2) is 23.0 Å². The maximum atomic E-state index is 14.0. The minimum Gasteiger partial charge on any atom is -0.507 e. The van der Waals surface area contributed by atoms with Gasteiger partial charge in [-0.25, -0.2) is 4.79 Å². The number of hydrogen-bond acceptors (Lipinski definition) is 10. The number of aliphatic hydroxyl groups excluding tert-OH is 1. The van der Waals surface area contributed by atoms with E-state index in [1.54, 1.807) is 70.1 Å². The molecular weight excluding hydrogens is 570 g/mol. The molecule has 3 aliphatic carbocycles. The van der Waals surface area contributed by atoms with E-state index >= 15 is 0 Å². The molecule has 2 fully saturated rings. The summed E-state index contributed by atoms with van der Waals surface area (Å²) in [6, 6.07) is 8.84. The van der Waals surface area contributed by atoms with E-state index in [-0.39, 0.29) is 24.2 Å². The van der Waals surface area contributed by atoms with E-state index in [0.717, 1.165) is 0 Å². The van der Waals surface area contributed by atoms with Crippen molar-refractivity contribution in [2.24, 2.45) is 29.4 Å². The lowest BCUT2D eigenvalue weighted by atomic mass is 9.52. The number of likely N-dealkylation sites (N-methyl/N-ethyl adjacent to an activating group) is 1. The third-order valence-corrected chi connectivity index (χ3v) is 9.01. The number of nitrogens with two attached hydrogens (primary N) is 1. The predicted octanol–water partition coefficient (Wildman–Crippen LogP) is 1.67. The zero-order valence-corrected chi connectivity index (χ0v) is 25.2. The molecule has 7 atom stereocenters. The summed E-state index contributed by atoms with van der Waals surface area (Å²) >= 11 is 0. The molecule has 5 rings (SSSR count). The predicted molar refractivity (Wildman–Crippen MR) is 158 cm³/mol. The molecule has 2 aromatic carbocycles. The van der Waals surface area contributed by atoms with Gasteiger partial charge in [-0.05, 0) is 88.5 Å². The van der Waals surface area contributed by atoms with Gasteiger partial charge >= 0.3 is 6.09 Å². The minimum atomic E-state index is -2.72. The number of carbonyl (C=O) groups is 5. The summed E-state index contributed by atoms with van der Waals surface area (Å²) in [6.07, 6.45) is -2.00. The fourth-order valence-corrected chi connectivity index (χ4v) is 7.25. The second-order valence-corrected chi connectivity index (χ2v) is 13.2. The van der Waals surface area contributed by atoms with Gasteiger partial charge in [0.25, 0.3) is 0 Å². The van der Waals surface area contributed by atoms with Crippen LogP contribution in [0.3, 0.4) is 0 Å². The first-order valence-corrected chi connectivity index (χ1v) is 14.4. The number of ether oxygens (including phenoxy) is 1. The molecular formula is C32H37N3O9. The number of amides is 2. The van der Waals surface area contributed by atoms with Gasteiger partial charge in [0.2, 0.25) is 5.91 Å². The van der Waals surface area contributed by atoms with E-state index in [4.69, 9.17) is 10.5 Å². The maximum Gasteiger partial charge on any atom is 0.412 e. The Morgan fingerprint density at radius 2 is 1.68 bits per heavy atom. The van der Waals surface area contributed by atoms with E-state index in [1.807, 2.05) is 0 Å². The highest BCUT2D eigenvalue weighted by Crippen LogP contribution is 2.52. The Bertz CT molecular complexity index is 1560. The number of phenols is 1. The van der Waals surface area contributed by atoms with E-state index < -0.39 is 76.4 Å². The standard InChI is InChI=1S/C32H37N3O9/c1-31(2,3)44-30(42)34-16-8-6-14(7-9-16)17-10-11-20(36)22-18(17)12-15-13-19-24(35(4)5)26(38)23(29(33)41)28(40)32(19,43)27(39)21(15)25(22)37/h6-11,15,19,21,23-24,26,36,38,43H,12-13H2,1-5H3,(H2,33,41)(H,34,42)/t15-,19-,21?,23?,24-,26?,32-/m1/s1. The van der Waals surface area contributed by atoms with Crippen LogP contribution < -0.4 is 11.1 Å². The Morgan fingerprint density at radius 3 is 2.25 bits per heavy atom. The summed E-state index contributed by atoms with van der Waals surface area (Å²) < 4.78 is 5.29. The molecule has 6 N–H and O–H groups in total. The molecule has 2 aromatic rings. The van der Waals surface area contributed by atoms with Crippen molar-refractivity contribution in [3.05, 3.63) is 47.5 Å². The van der Waals surface area contributed by atoms with E-state index in [2.05, 4.69) is 5.32 Å². The number of primary amides is 1. The lowest BCUT2D eigenvalue weighted by Crippen LogP contribution is -2.75. The van der Waals surface area contributed by atoms with Crippen LogP contribution in [0, 0.1) is 23.7 Å². The zero-order chi connectivity index (χ0) is 32.5. The van der Waals surface area contributed by atoms with E-state index in [9.17, 15) is 39.3 Å². The van der Waals surface area contributed by atoms with Crippen LogP contribution >= 0.6 is 0 Å². The number of nitrogens with zero attached hydrogens (tertiary/aromatic N) is 1. The average Bonchev–Trinajstić information content (AvgIpc) is 2.90. The number of aromatic hydroxyl groups is 1. The Kier molecular flexibility index (Phi) is 7.68. The highest BCUT2D eigenvalue weighted by atomic mass is 16.6. The number of aliphatic hydroxyl groups is 2. The van der Waals surface area contributed by atoms with Crippen molar-refractivity contribution in [2.75, 3.05) is 19.4 Å². The molecule has 3 unspecified atom stereocenters. The molecule has 0 radical (unpaired) electrons. The number of hydrogen-bond donors (Lipinski definition) is 5. The summed E-state index contributed by atoms with van der Waals surface area (Å²) in [6.45, 7) is 5.26. The van der Waals surface area contributed by atoms with Gasteiger partial charge in [-0.3, -0.25) is 24.5 Å². The Balaban J connectivity index is 1.53. The summed E-state index contributed by atoms with van der Waals surface area (Å²) in [5, 5.41) is 36.2. The first-order valence-electron chi connectivity index (χ1n) is 14.4. The summed E-state index contributed by atoms with van der Waals surface area (Å²) in [5.41, 5.74) is 4.24. The summed E-state index contributed by atoms with van der Waals surface area (Å²) in [4.78, 5) is 67.3. The number of carbonyl (C=O) groups excluding carboxylic acids is 5. The second kappa shape index (κ2) is 10.8. The van der Waals surface area contributed by atoms with Gasteiger partial charge < -0.3 is 30.7 Å². The lowest BCUT2D eigenvalue weighted by molar-refractivity contribution is -0.190. The van der Waals surface area contributed by atoms with Crippen LogP contribution in [-0.2, 0) is 25.5 Å². The molecule has 0 spiro atoms.